The third-order valence-corrected chi connectivity index (χ3v) is 7.97. The number of rotatable bonds is 2. The molecule has 6 nitrogen and oxygen atoms in total. The van der Waals surface area contributed by atoms with Crippen molar-refractivity contribution in [2.75, 3.05) is 19.6 Å². The highest BCUT2D eigenvalue weighted by Gasteiger charge is 2.52. The van der Waals surface area contributed by atoms with Crippen molar-refractivity contribution in [3.8, 4) is 0 Å². The Morgan fingerprint density at radius 1 is 0.840 bits per heavy atom. The molecule has 0 radical (unpaired) electrons. The maximum atomic E-state index is 9.55. The third kappa shape index (κ3) is 2.29. The van der Waals surface area contributed by atoms with Crippen molar-refractivity contribution >= 4 is 11.4 Å². The first-order valence-electron chi connectivity index (χ1n) is 10.1. The van der Waals surface area contributed by atoms with Crippen LogP contribution in [0.15, 0.2) is 10.3 Å². The Balaban J connectivity index is 1.31. The molecule has 5 fully saturated rings. The van der Waals surface area contributed by atoms with E-state index in [2.05, 4.69) is 27.0 Å². The molecular formula is C19H30N4O2. The zero-order chi connectivity index (χ0) is 17.1. The van der Waals surface area contributed by atoms with Gasteiger partial charge in [-0.2, -0.15) is 0 Å². The largest absolute Gasteiger partial charge is 0.411 e. The molecule has 25 heavy (non-hydrogen) atoms. The number of piperazine rings is 1. The number of nitrogens with zero attached hydrogens (tertiary/aromatic N) is 4. The summed E-state index contributed by atoms with van der Waals surface area (Å²) in [5.41, 5.74) is 2.10. The summed E-state index contributed by atoms with van der Waals surface area (Å²) >= 11 is 0. The van der Waals surface area contributed by atoms with Gasteiger partial charge in [0.25, 0.3) is 0 Å². The maximum absolute atomic E-state index is 9.55. The lowest BCUT2D eigenvalue weighted by Gasteiger charge is -2.48. The predicted molar refractivity (Wildman–Crippen MR) is 95.4 cm³/mol. The fourth-order valence-electron chi connectivity index (χ4n) is 6.98. The Kier molecular flexibility index (Phi) is 3.82. The van der Waals surface area contributed by atoms with E-state index in [1.54, 1.807) is 0 Å². The van der Waals surface area contributed by atoms with Crippen molar-refractivity contribution in [3.63, 3.8) is 0 Å². The predicted octanol–water partition coefficient (Wildman–Crippen LogP) is 2.25. The van der Waals surface area contributed by atoms with Gasteiger partial charge >= 0.3 is 0 Å². The molecule has 5 aliphatic rings. The number of hydrogen-bond acceptors (Lipinski definition) is 6. The molecular weight excluding hydrogens is 316 g/mol. The second-order valence-electron chi connectivity index (χ2n) is 9.06. The summed E-state index contributed by atoms with van der Waals surface area (Å²) in [6.45, 7) is 5.40. The van der Waals surface area contributed by atoms with Crippen LogP contribution < -0.4 is 0 Å². The monoisotopic (exact) mass is 346 g/mol. The summed E-state index contributed by atoms with van der Waals surface area (Å²) in [5, 5.41) is 26.5. The Bertz CT molecular complexity index is 606. The van der Waals surface area contributed by atoms with Gasteiger partial charge in [-0.05, 0) is 57.3 Å². The van der Waals surface area contributed by atoms with Gasteiger partial charge in [0.05, 0.1) is 23.5 Å². The molecule has 0 aromatic carbocycles. The molecule has 4 saturated carbocycles. The van der Waals surface area contributed by atoms with E-state index in [-0.39, 0.29) is 0 Å². The molecule has 2 N–H and O–H groups in total. The van der Waals surface area contributed by atoms with Crippen molar-refractivity contribution in [1.82, 2.24) is 9.80 Å². The van der Waals surface area contributed by atoms with Crippen molar-refractivity contribution in [3.05, 3.63) is 0 Å². The molecule has 0 aromatic heterocycles. The van der Waals surface area contributed by atoms with Gasteiger partial charge in [-0.3, -0.25) is 9.80 Å². The van der Waals surface area contributed by atoms with Crippen molar-refractivity contribution in [2.45, 2.75) is 63.6 Å². The molecule has 0 spiro atoms. The van der Waals surface area contributed by atoms with Gasteiger partial charge in [0.15, 0.2) is 0 Å². The normalized spacial score (nSPS) is 50.5. The molecule has 1 aliphatic heterocycles. The van der Waals surface area contributed by atoms with Crippen LogP contribution in [-0.4, -0.2) is 69.4 Å². The molecule has 0 amide bonds. The minimum Gasteiger partial charge on any atom is -0.411 e. The maximum Gasteiger partial charge on any atom is 0.0775 e. The Morgan fingerprint density at radius 2 is 1.44 bits per heavy atom. The fraction of sp³-hybridized carbons (Fsp3) is 0.895. The van der Waals surface area contributed by atoms with E-state index in [0.29, 0.717) is 41.8 Å². The molecule has 1 heterocycles. The first-order chi connectivity index (χ1) is 12.2. The average Bonchev–Trinajstić information content (AvgIpc) is 3.39. The van der Waals surface area contributed by atoms with Crippen LogP contribution in [-0.2, 0) is 0 Å². The highest BCUT2D eigenvalue weighted by atomic mass is 16.4. The molecule has 7 atom stereocenters. The molecule has 7 unspecified atom stereocenters. The quantitative estimate of drug-likeness (QED) is 0.594. The standard InChI is InChI=1S/C19H30N4O2/c1-11-10-22(18-14-4-2-12(8-14)16(18)20-24)6-7-23(11)19-15-5-3-13(9-15)17(19)21-25/h11-15,18-19,24-25H,2-10H2,1H3. The summed E-state index contributed by atoms with van der Waals surface area (Å²) in [6.07, 6.45) is 7.41. The lowest BCUT2D eigenvalue weighted by molar-refractivity contribution is 0.0344. The van der Waals surface area contributed by atoms with Gasteiger partial charge in [-0.1, -0.05) is 10.3 Å². The summed E-state index contributed by atoms with van der Waals surface area (Å²) in [7, 11) is 0. The second-order valence-corrected chi connectivity index (χ2v) is 9.06. The molecule has 4 bridgehead atoms. The van der Waals surface area contributed by atoms with Crippen LogP contribution in [0.3, 0.4) is 0 Å². The summed E-state index contributed by atoms with van der Waals surface area (Å²) < 4.78 is 0. The van der Waals surface area contributed by atoms with Crippen molar-refractivity contribution < 1.29 is 10.4 Å². The zero-order valence-corrected chi connectivity index (χ0v) is 15.1. The molecule has 6 heteroatoms. The van der Waals surface area contributed by atoms with Crippen LogP contribution in [0.5, 0.6) is 0 Å². The SMILES string of the molecule is CC1CN(C2C(=NO)C3CCC2C3)CCN1C1C(=NO)C2CCC1C2. The van der Waals surface area contributed by atoms with Crippen molar-refractivity contribution in [1.29, 1.82) is 0 Å². The minimum atomic E-state index is 0.354. The number of hydrogen-bond donors (Lipinski definition) is 2. The molecule has 4 aliphatic carbocycles. The van der Waals surface area contributed by atoms with Gasteiger partial charge < -0.3 is 10.4 Å². The zero-order valence-electron chi connectivity index (χ0n) is 15.1. The van der Waals surface area contributed by atoms with Crippen molar-refractivity contribution in [2.24, 2.45) is 34.0 Å². The van der Waals surface area contributed by atoms with E-state index in [1.807, 2.05) is 0 Å². The van der Waals surface area contributed by atoms with E-state index in [0.717, 1.165) is 31.1 Å². The Labute approximate surface area is 149 Å². The van der Waals surface area contributed by atoms with Crippen LogP contribution in [0.4, 0.5) is 0 Å². The molecule has 5 rings (SSSR count). The molecule has 1 saturated heterocycles. The first kappa shape index (κ1) is 16.1. The third-order valence-electron chi connectivity index (χ3n) is 7.97. The van der Waals surface area contributed by atoms with Gasteiger partial charge in [0.2, 0.25) is 0 Å². The van der Waals surface area contributed by atoms with Crippen LogP contribution in [0.1, 0.15) is 45.4 Å². The second kappa shape index (κ2) is 5.95. The van der Waals surface area contributed by atoms with E-state index >= 15 is 0 Å². The molecule has 138 valence electrons. The Hall–Kier alpha value is -1.14. The smallest absolute Gasteiger partial charge is 0.0775 e. The topological polar surface area (TPSA) is 71.7 Å². The minimum absolute atomic E-state index is 0.354. The lowest BCUT2D eigenvalue weighted by Crippen LogP contribution is -2.61. The van der Waals surface area contributed by atoms with E-state index in [9.17, 15) is 10.4 Å². The van der Waals surface area contributed by atoms with Crippen LogP contribution in [0.2, 0.25) is 0 Å². The molecule has 0 aromatic rings. The number of fused-ring (bicyclic) bond motifs is 4. The number of oxime groups is 2. The van der Waals surface area contributed by atoms with E-state index < -0.39 is 0 Å². The van der Waals surface area contributed by atoms with Gasteiger partial charge in [0.1, 0.15) is 0 Å². The average molecular weight is 346 g/mol. The van der Waals surface area contributed by atoms with E-state index in [4.69, 9.17) is 0 Å². The summed E-state index contributed by atoms with van der Waals surface area (Å²) in [4.78, 5) is 5.17. The highest BCUT2D eigenvalue weighted by Crippen LogP contribution is 2.47. The Morgan fingerprint density at radius 3 is 2.04 bits per heavy atom. The van der Waals surface area contributed by atoms with Crippen LogP contribution in [0, 0.1) is 23.7 Å². The fourth-order valence-corrected chi connectivity index (χ4v) is 6.98. The lowest BCUT2D eigenvalue weighted by atomic mass is 9.88. The summed E-state index contributed by atoms with van der Waals surface area (Å²) in [6, 6.07) is 1.17. The first-order valence-corrected chi connectivity index (χ1v) is 10.1. The van der Waals surface area contributed by atoms with Gasteiger partial charge in [-0.15, -0.1) is 0 Å². The van der Waals surface area contributed by atoms with Gasteiger partial charge in [0, 0.05) is 37.5 Å². The summed E-state index contributed by atoms with van der Waals surface area (Å²) in [5.74, 6) is 2.41. The van der Waals surface area contributed by atoms with Crippen LogP contribution in [0.25, 0.3) is 0 Å². The van der Waals surface area contributed by atoms with Gasteiger partial charge in [-0.25, -0.2) is 0 Å². The van der Waals surface area contributed by atoms with E-state index in [1.165, 1.54) is 38.5 Å². The van der Waals surface area contributed by atoms with Crippen LogP contribution >= 0.6 is 0 Å². The highest BCUT2D eigenvalue weighted by molar-refractivity contribution is 5.95.